The smallest absolute Gasteiger partial charge is 0.329 e. The highest BCUT2D eigenvalue weighted by Gasteiger charge is 2.53. The highest BCUT2D eigenvalue weighted by molar-refractivity contribution is 6.39. The van der Waals surface area contributed by atoms with Gasteiger partial charge in [0, 0.05) is 58.5 Å². The normalized spacial score (nSPS) is 39.2. The van der Waals surface area contributed by atoms with Crippen molar-refractivity contribution in [1.82, 2.24) is 4.90 Å². The first-order chi connectivity index (χ1) is 32.3. The van der Waals surface area contributed by atoms with Crippen molar-refractivity contribution in [3.05, 3.63) is 47.6 Å². The number of fused-ring (bicyclic) bond motifs is 3. The zero-order valence-corrected chi connectivity index (χ0v) is 42.4. The lowest BCUT2D eigenvalue weighted by Gasteiger charge is -2.42. The van der Waals surface area contributed by atoms with Gasteiger partial charge in [0.25, 0.3) is 11.7 Å². The van der Waals surface area contributed by atoms with Gasteiger partial charge in [0.1, 0.15) is 30.1 Å². The Labute approximate surface area is 405 Å². The second-order valence-electron chi connectivity index (χ2n) is 20.2. The Morgan fingerprint density at radius 3 is 2.26 bits per heavy atom. The number of Topliss-reactive ketones (excluding diaryl/α,β-unsaturated/α-hetero) is 3. The number of ketones is 3. The molecule has 0 spiro atoms. The summed E-state index contributed by atoms with van der Waals surface area (Å²) in [4.78, 5) is 72.1. The van der Waals surface area contributed by atoms with Crippen LogP contribution in [0.15, 0.2) is 47.6 Å². The number of allylic oxidation sites excluding steroid dienone is 6. The SMILES string of the molecule is CO[C@H]1C[C@@H]2CC[C@@H](C)[C@@](O)(O2)C(=O)C(=O)N2CCCC[C@H]2C(=O)O[C@H]([C@H](C)C[C@@H]2CC[C@@H](OCCO)[C@H](OC)C2)CC(=O)[C@H](C)/C=C(\C)[C@@H](O)[C@@H](OC)C(=O)[C@H](C)C[C@H](C)/C=C/C=C\C=C\1C. The lowest BCUT2D eigenvalue weighted by Crippen LogP contribution is -2.61. The first kappa shape index (κ1) is 57.2. The molecule has 15 heteroatoms. The minimum atomic E-state index is -2.43. The number of methoxy groups -OCH3 is 3. The highest BCUT2D eigenvalue weighted by Crippen LogP contribution is 2.38. The molecule has 2 bridgehead atoms. The Morgan fingerprint density at radius 1 is 0.853 bits per heavy atom. The van der Waals surface area contributed by atoms with Gasteiger partial charge in [-0.1, -0.05) is 71.1 Å². The zero-order valence-electron chi connectivity index (χ0n) is 42.4. The van der Waals surface area contributed by atoms with Crippen LogP contribution in [0, 0.1) is 35.5 Å². The average Bonchev–Trinajstić information content (AvgIpc) is 3.32. The number of hydrogen-bond donors (Lipinski definition) is 3. The molecular weight excluding hydrogens is 875 g/mol. The van der Waals surface area contributed by atoms with Gasteiger partial charge in [-0.3, -0.25) is 19.2 Å². The molecule has 384 valence electrons. The van der Waals surface area contributed by atoms with Gasteiger partial charge >= 0.3 is 5.97 Å². The van der Waals surface area contributed by atoms with Gasteiger partial charge in [-0.05, 0) is 107 Å². The lowest BCUT2D eigenvalue weighted by molar-refractivity contribution is -0.265. The van der Waals surface area contributed by atoms with E-state index in [1.807, 2.05) is 58.1 Å². The molecule has 68 heavy (non-hydrogen) atoms. The summed E-state index contributed by atoms with van der Waals surface area (Å²) in [7, 11) is 4.58. The number of piperidine rings is 1. The topological polar surface area (TPSA) is 205 Å². The Bertz CT molecular complexity index is 1810. The van der Waals surface area contributed by atoms with Crippen molar-refractivity contribution in [2.24, 2.45) is 35.5 Å². The largest absolute Gasteiger partial charge is 0.460 e. The maximum atomic E-state index is 14.5. The van der Waals surface area contributed by atoms with Crippen molar-refractivity contribution in [3.8, 4) is 0 Å². The Balaban J connectivity index is 1.70. The maximum Gasteiger partial charge on any atom is 0.329 e. The molecule has 2 saturated heterocycles. The standard InChI is InChI=1S/C53H83NO14/c1-32-16-12-11-13-17-33(2)44(63-8)30-40-21-19-38(7)53(62,68-40)50(59)51(60)54-23-15-14-18-41(54)52(61)67-45(35(4)28-39-20-22-43(66-25-24-55)46(29-39)64-9)31-42(56)34(3)27-37(6)48(58)49(65-10)47(57)36(5)26-32/h11-13,16-17,27,32,34-36,38-41,43-46,48-49,55,58,62H,14-15,18-26,28-31H2,1-10H3/b13-11-,16-12+,33-17+,37-27+/t32-,34-,35-,36-,38-,39+,40+,41+,43-,44+,45+,46-,48-,49+,53-/m1/s1. The van der Waals surface area contributed by atoms with E-state index in [0.29, 0.717) is 63.4 Å². The quantitative estimate of drug-likeness (QED) is 0.134. The van der Waals surface area contributed by atoms with Gasteiger partial charge in [0.05, 0.1) is 37.6 Å². The first-order valence-electron chi connectivity index (χ1n) is 25.0. The van der Waals surface area contributed by atoms with E-state index in [-0.39, 0.29) is 74.1 Å². The van der Waals surface area contributed by atoms with Gasteiger partial charge in [-0.2, -0.15) is 0 Å². The molecule has 1 aliphatic carbocycles. The average molecular weight is 958 g/mol. The molecule has 3 N–H and O–H groups in total. The van der Waals surface area contributed by atoms with Crippen LogP contribution in [0.4, 0.5) is 0 Å². The molecule has 3 aliphatic heterocycles. The molecular formula is C53H83NO14. The summed E-state index contributed by atoms with van der Waals surface area (Å²) >= 11 is 0. The number of ether oxygens (including phenoxy) is 6. The fraction of sp³-hybridized carbons (Fsp3) is 0.755. The maximum absolute atomic E-state index is 14.5. The predicted octanol–water partition coefficient (Wildman–Crippen LogP) is 6.20. The molecule has 0 aromatic carbocycles. The van der Waals surface area contributed by atoms with Crippen molar-refractivity contribution in [2.75, 3.05) is 41.1 Å². The molecule has 0 aromatic rings. The molecule has 15 nitrogen and oxygen atoms in total. The summed E-state index contributed by atoms with van der Waals surface area (Å²) in [6.45, 7) is 12.9. The van der Waals surface area contributed by atoms with Gasteiger partial charge in [0.2, 0.25) is 5.79 Å². The van der Waals surface area contributed by atoms with E-state index in [4.69, 9.17) is 28.4 Å². The predicted molar refractivity (Wildman–Crippen MR) is 256 cm³/mol. The Morgan fingerprint density at radius 2 is 1.59 bits per heavy atom. The second-order valence-corrected chi connectivity index (χ2v) is 20.2. The van der Waals surface area contributed by atoms with E-state index in [1.54, 1.807) is 41.1 Å². The fourth-order valence-electron chi connectivity index (χ4n) is 10.5. The summed E-state index contributed by atoms with van der Waals surface area (Å²) in [6.07, 6.45) is 12.0. The molecule has 15 atom stereocenters. The van der Waals surface area contributed by atoms with E-state index in [0.717, 1.165) is 12.0 Å². The number of aliphatic hydroxyl groups is 3. The summed E-state index contributed by atoms with van der Waals surface area (Å²) < 4.78 is 35.6. The van der Waals surface area contributed by atoms with E-state index in [9.17, 15) is 39.3 Å². The number of carbonyl (C=O) groups excluding carboxylic acids is 5. The molecule has 0 radical (unpaired) electrons. The van der Waals surface area contributed by atoms with Gasteiger partial charge in [-0.25, -0.2) is 4.79 Å². The van der Waals surface area contributed by atoms with Crippen molar-refractivity contribution in [2.45, 2.75) is 180 Å². The lowest BCUT2D eigenvalue weighted by atomic mass is 9.78. The number of hydrogen-bond acceptors (Lipinski definition) is 14. The van der Waals surface area contributed by atoms with Gasteiger partial charge in [-0.15, -0.1) is 0 Å². The van der Waals surface area contributed by atoms with Crippen LogP contribution in [-0.4, -0.2) is 145 Å². The molecule has 3 heterocycles. The minimum Gasteiger partial charge on any atom is -0.460 e. The third-order valence-electron chi connectivity index (χ3n) is 14.9. The molecule has 0 unspecified atom stereocenters. The van der Waals surface area contributed by atoms with Crippen LogP contribution in [-0.2, 0) is 52.4 Å². The van der Waals surface area contributed by atoms with Gasteiger partial charge in [0.15, 0.2) is 5.78 Å². The van der Waals surface area contributed by atoms with Crippen LogP contribution in [0.25, 0.3) is 0 Å². The van der Waals surface area contributed by atoms with Crippen LogP contribution >= 0.6 is 0 Å². The summed E-state index contributed by atoms with van der Waals surface area (Å²) in [5, 5.41) is 32.8. The Kier molecular flexibility index (Phi) is 22.9. The fourth-order valence-corrected chi connectivity index (χ4v) is 10.5. The second kappa shape index (κ2) is 27.3. The Hall–Kier alpha value is -3.41. The third-order valence-corrected chi connectivity index (χ3v) is 14.9. The number of rotatable bonds is 9. The number of esters is 1. The summed E-state index contributed by atoms with van der Waals surface area (Å²) in [6, 6.07) is -1.14. The monoisotopic (exact) mass is 958 g/mol. The highest BCUT2D eigenvalue weighted by atomic mass is 16.6. The molecule has 1 amide bonds. The van der Waals surface area contributed by atoms with E-state index < -0.39 is 77.8 Å². The first-order valence-corrected chi connectivity index (χ1v) is 25.0. The zero-order chi connectivity index (χ0) is 50.3. The minimum absolute atomic E-state index is 0.0158. The number of cyclic esters (lactones) is 1. The van der Waals surface area contributed by atoms with Gasteiger partial charge < -0.3 is 48.6 Å². The number of aliphatic hydroxyl groups excluding tert-OH is 2. The van der Waals surface area contributed by atoms with E-state index >= 15 is 0 Å². The number of carbonyl (C=O) groups is 5. The van der Waals surface area contributed by atoms with Crippen LogP contribution in [0.2, 0.25) is 0 Å². The van der Waals surface area contributed by atoms with E-state index in [2.05, 4.69) is 0 Å². The molecule has 3 fully saturated rings. The molecule has 4 rings (SSSR count). The number of nitrogens with zero attached hydrogens (tertiary/aromatic N) is 1. The third kappa shape index (κ3) is 15.3. The van der Waals surface area contributed by atoms with Crippen LogP contribution in [0.1, 0.15) is 126 Å². The molecule has 4 aliphatic rings. The van der Waals surface area contributed by atoms with Crippen LogP contribution in [0.5, 0.6) is 0 Å². The van der Waals surface area contributed by atoms with Crippen molar-refractivity contribution < 1.29 is 67.7 Å². The van der Waals surface area contributed by atoms with Crippen molar-refractivity contribution in [3.63, 3.8) is 0 Å². The van der Waals surface area contributed by atoms with Crippen LogP contribution < -0.4 is 0 Å². The van der Waals surface area contributed by atoms with E-state index in [1.165, 1.54) is 12.0 Å². The molecule has 0 aromatic heterocycles. The summed E-state index contributed by atoms with van der Waals surface area (Å²) in [5.74, 6) is -7.96. The van der Waals surface area contributed by atoms with Crippen molar-refractivity contribution >= 4 is 29.2 Å². The molecule has 1 saturated carbocycles. The van der Waals surface area contributed by atoms with Crippen molar-refractivity contribution in [1.29, 1.82) is 0 Å². The number of amides is 1. The van der Waals surface area contributed by atoms with Crippen LogP contribution in [0.3, 0.4) is 0 Å². The summed E-state index contributed by atoms with van der Waals surface area (Å²) in [5.41, 5.74) is 1.26.